The quantitative estimate of drug-likeness (QED) is 0.249. The molecule has 164 valence electrons. The number of terminal acetylenes is 1. The second-order valence-corrected chi connectivity index (χ2v) is 10.6. The SMILES string of the molecule is C#CCOc1ccc(C=C2SC(=NC3CCCCC3)N(C3CCCCC3)C2=O)cc1I. The molecular weight excluding hydrogens is 519 g/mol. The Kier molecular flexibility index (Phi) is 8.00. The zero-order chi connectivity index (χ0) is 21.6. The van der Waals surface area contributed by atoms with Crippen molar-refractivity contribution in [1.29, 1.82) is 0 Å². The van der Waals surface area contributed by atoms with E-state index in [1.54, 1.807) is 11.8 Å². The first-order valence-corrected chi connectivity index (χ1v) is 13.2. The van der Waals surface area contributed by atoms with Gasteiger partial charge in [-0.2, -0.15) is 0 Å². The van der Waals surface area contributed by atoms with Crippen molar-refractivity contribution in [1.82, 2.24) is 4.90 Å². The predicted molar refractivity (Wildman–Crippen MR) is 137 cm³/mol. The van der Waals surface area contributed by atoms with Crippen LogP contribution in [0.25, 0.3) is 6.08 Å². The van der Waals surface area contributed by atoms with Crippen LogP contribution in [0.1, 0.15) is 69.8 Å². The van der Waals surface area contributed by atoms with E-state index in [2.05, 4.69) is 28.5 Å². The lowest BCUT2D eigenvalue weighted by atomic mass is 9.94. The van der Waals surface area contributed by atoms with E-state index >= 15 is 0 Å². The summed E-state index contributed by atoms with van der Waals surface area (Å²) in [6.45, 7) is 0.252. The van der Waals surface area contributed by atoms with Crippen molar-refractivity contribution in [3.8, 4) is 18.1 Å². The third-order valence-electron chi connectivity index (χ3n) is 6.21. The van der Waals surface area contributed by atoms with Gasteiger partial charge in [-0.25, -0.2) is 0 Å². The van der Waals surface area contributed by atoms with Crippen LogP contribution in [0.4, 0.5) is 0 Å². The van der Waals surface area contributed by atoms with Gasteiger partial charge >= 0.3 is 0 Å². The molecule has 1 saturated heterocycles. The number of carbonyl (C=O) groups is 1. The number of aliphatic imine (C=N–C) groups is 1. The number of nitrogens with zero attached hydrogens (tertiary/aromatic N) is 2. The minimum Gasteiger partial charge on any atom is -0.480 e. The third kappa shape index (κ3) is 5.67. The van der Waals surface area contributed by atoms with Crippen LogP contribution in [-0.2, 0) is 4.79 Å². The third-order valence-corrected chi connectivity index (χ3v) is 8.05. The van der Waals surface area contributed by atoms with E-state index in [9.17, 15) is 4.79 Å². The first-order chi connectivity index (χ1) is 15.2. The van der Waals surface area contributed by atoms with Gasteiger partial charge in [-0.3, -0.25) is 14.7 Å². The lowest BCUT2D eigenvalue weighted by Crippen LogP contribution is -2.41. The summed E-state index contributed by atoms with van der Waals surface area (Å²) in [4.78, 5) is 21.4. The highest BCUT2D eigenvalue weighted by molar-refractivity contribution is 14.1. The Balaban J connectivity index is 1.59. The fourth-order valence-corrected chi connectivity index (χ4v) is 6.40. The largest absolute Gasteiger partial charge is 0.480 e. The zero-order valence-corrected chi connectivity index (χ0v) is 20.8. The Hall–Kier alpha value is -1.46. The van der Waals surface area contributed by atoms with E-state index in [-0.39, 0.29) is 12.5 Å². The molecule has 4 nitrogen and oxygen atoms in total. The van der Waals surface area contributed by atoms with Crippen molar-refractivity contribution < 1.29 is 9.53 Å². The summed E-state index contributed by atoms with van der Waals surface area (Å²) >= 11 is 3.81. The smallest absolute Gasteiger partial charge is 0.266 e. The normalized spacial score (nSPS) is 23.5. The lowest BCUT2D eigenvalue weighted by Gasteiger charge is -2.31. The van der Waals surface area contributed by atoms with Gasteiger partial charge in [0.25, 0.3) is 5.91 Å². The van der Waals surface area contributed by atoms with Crippen molar-refractivity contribution in [3.05, 3.63) is 32.2 Å². The molecule has 0 N–H and O–H groups in total. The zero-order valence-electron chi connectivity index (χ0n) is 17.8. The topological polar surface area (TPSA) is 41.9 Å². The number of amides is 1. The van der Waals surface area contributed by atoms with Crippen LogP contribution in [-0.4, -0.2) is 34.7 Å². The minimum absolute atomic E-state index is 0.120. The summed E-state index contributed by atoms with van der Waals surface area (Å²) in [6, 6.07) is 6.60. The number of amidine groups is 1. The van der Waals surface area contributed by atoms with E-state index in [0.717, 1.165) is 50.6 Å². The molecule has 2 aliphatic carbocycles. The van der Waals surface area contributed by atoms with Crippen molar-refractivity contribution in [2.75, 3.05) is 6.61 Å². The Morgan fingerprint density at radius 3 is 2.55 bits per heavy atom. The summed E-state index contributed by atoms with van der Waals surface area (Å²) in [5.74, 6) is 3.38. The summed E-state index contributed by atoms with van der Waals surface area (Å²) in [5.41, 5.74) is 0.996. The second kappa shape index (κ2) is 10.9. The fourth-order valence-electron chi connectivity index (χ4n) is 4.60. The number of halogens is 1. The van der Waals surface area contributed by atoms with Crippen molar-refractivity contribution >= 4 is 51.5 Å². The number of thioether (sulfide) groups is 1. The first-order valence-electron chi connectivity index (χ1n) is 11.3. The molecule has 0 aromatic heterocycles. The van der Waals surface area contributed by atoms with Crippen LogP contribution < -0.4 is 4.74 Å². The molecule has 0 unspecified atom stereocenters. The molecule has 1 amide bonds. The van der Waals surface area contributed by atoms with Gasteiger partial charge in [0, 0.05) is 6.04 Å². The number of carbonyl (C=O) groups excluding carboxylic acids is 1. The van der Waals surface area contributed by atoms with Gasteiger partial charge < -0.3 is 4.74 Å². The highest BCUT2D eigenvalue weighted by Crippen LogP contribution is 2.38. The molecule has 3 aliphatic rings. The number of hydrogen-bond donors (Lipinski definition) is 0. The van der Waals surface area contributed by atoms with Crippen molar-refractivity contribution in [2.45, 2.75) is 76.3 Å². The molecule has 4 rings (SSSR count). The Morgan fingerprint density at radius 1 is 1.16 bits per heavy atom. The maximum Gasteiger partial charge on any atom is 0.266 e. The van der Waals surface area contributed by atoms with Gasteiger partial charge in [-0.15, -0.1) is 6.42 Å². The second-order valence-electron chi connectivity index (χ2n) is 8.46. The summed E-state index contributed by atoms with van der Waals surface area (Å²) in [7, 11) is 0. The standard InChI is InChI=1S/C25H29IN2O2S/c1-2-15-30-22-14-13-18(16-21(22)26)17-23-24(29)28(20-11-7-4-8-12-20)25(31-23)27-19-9-5-3-6-10-19/h1,13-14,16-17,19-20H,3-12,15H2. The number of rotatable bonds is 5. The number of benzene rings is 1. The maximum atomic E-state index is 13.5. The van der Waals surface area contributed by atoms with Gasteiger partial charge in [0.15, 0.2) is 5.17 Å². The average molecular weight is 548 g/mol. The molecule has 0 radical (unpaired) electrons. The molecule has 3 fully saturated rings. The fraction of sp³-hybridized carbons (Fsp3) is 0.520. The van der Waals surface area contributed by atoms with Gasteiger partial charge in [0.2, 0.25) is 0 Å². The Morgan fingerprint density at radius 2 is 1.87 bits per heavy atom. The van der Waals surface area contributed by atoms with Crippen LogP contribution in [0.15, 0.2) is 28.1 Å². The highest BCUT2D eigenvalue weighted by atomic mass is 127. The minimum atomic E-state index is 0.120. The van der Waals surface area contributed by atoms with E-state index in [4.69, 9.17) is 16.2 Å². The summed E-state index contributed by atoms with van der Waals surface area (Å²) < 4.78 is 6.55. The van der Waals surface area contributed by atoms with Crippen molar-refractivity contribution in [3.63, 3.8) is 0 Å². The van der Waals surface area contributed by atoms with E-state index in [0.29, 0.717) is 12.1 Å². The van der Waals surface area contributed by atoms with Gasteiger partial charge in [0.05, 0.1) is 14.5 Å². The van der Waals surface area contributed by atoms with E-state index < -0.39 is 0 Å². The summed E-state index contributed by atoms with van der Waals surface area (Å²) in [5, 5.41) is 0.929. The average Bonchev–Trinajstić information content (AvgIpc) is 3.09. The van der Waals surface area contributed by atoms with Crippen LogP contribution in [0.3, 0.4) is 0 Å². The van der Waals surface area contributed by atoms with Crippen LogP contribution in [0.5, 0.6) is 5.75 Å². The molecule has 0 atom stereocenters. The number of ether oxygens (including phenoxy) is 1. The number of hydrogen-bond acceptors (Lipinski definition) is 4. The van der Waals surface area contributed by atoms with Gasteiger partial charge in [-0.05, 0) is 83.8 Å². The molecule has 0 bridgehead atoms. The van der Waals surface area contributed by atoms with E-state index in [1.165, 1.54) is 38.5 Å². The molecule has 31 heavy (non-hydrogen) atoms. The molecule has 2 saturated carbocycles. The van der Waals surface area contributed by atoms with Crippen molar-refractivity contribution in [2.24, 2.45) is 4.99 Å². The molecule has 1 aromatic rings. The maximum absolute atomic E-state index is 13.5. The molecule has 1 aliphatic heterocycles. The predicted octanol–water partition coefficient (Wildman–Crippen LogP) is 6.24. The molecular formula is C25H29IN2O2S. The lowest BCUT2D eigenvalue weighted by molar-refractivity contribution is -0.124. The molecule has 1 aromatic carbocycles. The Labute approximate surface area is 203 Å². The Bertz CT molecular complexity index is 909. The van der Waals surface area contributed by atoms with Crippen LogP contribution >= 0.6 is 34.4 Å². The monoisotopic (exact) mass is 548 g/mol. The first kappa shape index (κ1) is 22.7. The van der Waals surface area contributed by atoms with Gasteiger partial charge in [-0.1, -0.05) is 50.5 Å². The van der Waals surface area contributed by atoms with E-state index in [1.807, 2.05) is 29.2 Å². The van der Waals surface area contributed by atoms with Crippen LogP contribution in [0, 0.1) is 15.9 Å². The molecule has 1 heterocycles. The molecule has 6 heteroatoms. The molecule has 0 spiro atoms. The summed E-state index contributed by atoms with van der Waals surface area (Å²) in [6.07, 6.45) is 19.2. The van der Waals surface area contributed by atoms with Gasteiger partial charge in [0.1, 0.15) is 12.4 Å². The van der Waals surface area contributed by atoms with Crippen LogP contribution in [0.2, 0.25) is 0 Å². The highest BCUT2D eigenvalue weighted by Gasteiger charge is 2.39.